The van der Waals surface area contributed by atoms with E-state index in [1.165, 1.54) is 17.8 Å². The highest BCUT2D eigenvalue weighted by atomic mass is 79.9. The molecule has 0 spiro atoms. The van der Waals surface area contributed by atoms with Gasteiger partial charge in [-0.25, -0.2) is 4.39 Å². The van der Waals surface area contributed by atoms with Gasteiger partial charge < -0.3 is 5.32 Å². The lowest BCUT2D eigenvalue weighted by atomic mass is 10.1. The average Bonchev–Trinajstić information content (AvgIpc) is 2.43. The zero-order valence-electron chi connectivity index (χ0n) is 10.7. The molecule has 1 heterocycles. The summed E-state index contributed by atoms with van der Waals surface area (Å²) in [6.07, 6.45) is 2.17. The van der Waals surface area contributed by atoms with Crippen molar-refractivity contribution >= 4 is 15.9 Å². The van der Waals surface area contributed by atoms with Gasteiger partial charge in [0.15, 0.2) is 0 Å². The van der Waals surface area contributed by atoms with Crippen molar-refractivity contribution < 1.29 is 4.39 Å². The molecule has 0 saturated carbocycles. The van der Waals surface area contributed by atoms with Gasteiger partial charge in [-0.15, -0.1) is 0 Å². The molecule has 2 aromatic rings. The Morgan fingerprint density at radius 2 is 2.05 bits per heavy atom. The van der Waals surface area contributed by atoms with E-state index in [4.69, 9.17) is 0 Å². The molecule has 1 aromatic carbocycles. The Hall–Kier alpha value is -1.26. The average molecular weight is 323 g/mol. The summed E-state index contributed by atoms with van der Waals surface area (Å²) in [5.74, 6) is -0.301. The van der Waals surface area contributed by atoms with E-state index in [1.807, 2.05) is 18.2 Å². The van der Waals surface area contributed by atoms with Crippen molar-refractivity contribution in [3.05, 3.63) is 64.1 Å². The second kappa shape index (κ2) is 6.78. The Balaban J connectivity index is 2.04. The highest BCUT2D eigenvalue weighted by molar-refractivity contribution is 9.10. The summed E-state index contributed by atoms with van der Waals surface area (Å²) in [6, 6.07) is 11.4. The molecule has 0 aliphatic rings. The zero-order valence-corrected chi connectivity index (χ0v) is 12.3. The minimum absolute atomic E-state index is 0.132. The van der Waals surface area contributed by atoms with Crippen LogP contribution in [-0.4, -0.2) is 4.98 Å². The van der Waals surface area contributed by atoms with Crippen LogP contribution in [0.2, 0.25) is 0 Å². The Labute approximate surface area is 121 Å². The number of nitrogens with zero attached hydrogens (tertiary/aromatic N) is 1. The van der Waals surface area contributed by atoms with E-state index >= 15 is 0 Å². The van der Waals surface area contributed by atoms with Crippen LogP contribution in [0.4, 0.5) is 4.39 Å². The smallest absolute Gasteiger partial charge is 0.141 e. The minimum atomic E-state index is -0.301. The van der Waals surface area contributed by atoms with Gasteiger partial charge in [0.1, 0.15) is 5.82 Å². The van der Waals surface area contributed by atoms with Crippen LogP contribution < -0.4 is 5.32 Å². The molecule has 0 aliphatic heterocycles. The fourth-order valence-electron chi connectivity index (χ4n) is 1.93. The molecule has 1 N–H and O–H groups in total. The summed E-state index contributed by atoms with van der Waals surface area (Å²) >= 11 is 3.53. The van der Waals surface area contributed by atoms with Crippen molar-refractivity contribution in [2.75, 3.05) is 0 Å². The summed E-state index contributed by atoms with van der Waals surface area (Å²) in [4.78, 5) is 4.13. The number of aromatic nitrogens is 1. The fourth-order valence-corrected chi connectivity index (χ4v) is 2.35. The van der Waals surface area contributed by atoms with Crippen LogP contribution in [0.25, 0.3) is 0 Å². The normalized spacial score (nSPS) is 12.4. The van der Waals surface area contributed by atoms with Gasteiger partial charge in [-0.3, -0.25) is 4.98 Å². The van der Waals surface area contributed by atoms with Crippen LogP contribution in [0.1, 0.15) is 30.6 Å². The Kier molecular flexibility index (Phi) is 5.05. The van der Waals surface area contributed by atoms with Gasteiger partial charge in [0.2, 0.25) is 0 Å². The maximum absolute atomic E-state index is 12.9. The standard InChI is InChI=1S/C15H16BrFN2/c1-2-14(15-8-7-12(17)10-19-15)18-9-11-5-3-4-6-13(11)16/h3-8,10,14,18H,2,9H2,1H3. The van der Waals surface area contributed by atoms with Gasteiger partial charge in [0.05, 0.1) is 11.9 Å². The van der Waals surface area contributed by atoms with Gasteiger partial charge in [-0.1, -0.05) is 41.1 Å². The molecule has 2 nitrogen and oxygen atoms in total. The SMILES string of the molecule is CCC(NCc1ccccc1Br)c1ccc(F)cn1. The van der Waals surface area contributed by atoms with E-state index in [1.54, 1.807) is 6.07 Å². The summed E-state index contributed by atoms with van der Waals surface area (Å²) in [7, 11) is 0. The molecular formula is C15H16BrFN2. The number of benzene rings is 1. The van der Waals surface area contributed by atoms with E-state index in [0.29, 0.717) is 0 Å². The maximum Gasteiger partial charge on any atom is 0.141 e. The highest BCUT2D eigenvalue weighted by Gasteiger charge is 2.10. The minimum Gasteiger partial charge on any atom is -0.304 e. The number of halogens is 2. The first-order valence-electron chi connectivity index (χ1n) is 6.29. The molecule has 0 saturated heterocycles. The first-order valence-corrected chi connectivity index (χ1v) is 7.08. The second-order valence-electron chi connectivity index (χ2n) is 4.33. The van der Waals surface area contributed by atoms with Gasteiger partial charge in [-0.05, 0) is 30.2 Å². The molecule has 0 radical (unpaired) electrons. The van der Waals surface area contributed by atoms with Crippen molar-refractivity contribution in [2.24, 2.45) is 0 Å². The predicted molar refractivity (Wildman–Crippen MR) is 78.2 cm³/mol. The Morgan fingerprint density at radius 1 is 1.26 bits per heavy atom. The largest absolute Gasteiger partial charge is 0.304 e. The monoisotopic (exact) mass is 322 g/mol. The first kappa shape index (κ1) is 14.2. The lowest BCUT2D eigenvalue weighted by Gasteiger charge is -2.17. The van der Waals surface area contributed by atoms with Gasteiger partial charge in [0, 0.05) is 17.1 Å². The molecule has 0 bridgehead atoms. The molecule has 1 unspecified atom stereocenters. The number of nitrogens with one attached hydrogen (secondary N) is 1. The third kappa shape index (κ3) is 3.85. The summed E-state index contributed by atoms with van der Waals surface area (Å²) < 4.78 is 14.0. The quantitative estimate of drug-likeness (QED) is 0.891. The van der Waals surface area contributed by atoms with Crippen molar-refractivity contribution in [2.45, 2.75) is 25.9 Å². The molecule has 100 valence electrons. The molecule has 0 aliphatic carbocycles. The molecule has 4 heteroatoms. The van der Waals surface area contributed by atoms with Gasteiger partial charge in [-0.2, -0.15) is 0 Å². The topological polar surface area (TPSA) is 24.9 Å². The Morgan fingerprint density at radius 3 is 2.68 bits per heavy atom. The van der Waals surface area contributed by atoms with Gasteiger partial charge in [0.25, 0.3) is 0 Å². The first-order chi connectivity index (χ1) is 9.20. The van der Waals surface area contributed by atoms with Crippen LogP contribution in [0.3, 0.4) is 0 Å². The number of pyridine rings is 1. The van der Waals surface area contributed by atoms with Crippen molar-refractivity contribution in [1.29, 1.82) is 0 Å². The zero-order chi connectivity index (χ0) is 13.7. The summed E-state index contributed by atoms with van der Waals surface area (Å²) in [5, 5.41) is 3.45. The molecule has 19 heavy (non-hydrogen) atoms. The third-order valence-corrected chi connectivity index (χ3v) is 3.79. The number of hydrogen-bond acceptors (Lipinski definition) is 2. The van der Waals surface area contributed by atoms with E-state index in [0.717, 1.165) is 23.1 Å². The maximum atomic E-state index is 12.9. The molecule has 1 aromatic heterocycles. The Bertz CT molecular complexity index is 528. The predicted octanol–water partition coefficient (Wildman–Crippen LogP) is 4.22. The van der Waals surface area contributed by atoms with Gasteiger partial charge >= 0.3 is 0 Å². The van der Waals surface area contributed by atoms with Crippen molar-refractivity contribution in [1.82, 2.24) is 10.3 Å². The molecule has 0 fully saturated rings. The van der Waals surface area contributed by atoms with Crippen LogP contribution >= 0.6 is 15.9 Å². The van der Waals surface area contributed by atoms with Crippen LogP contribution in [0.15, 0.2) is 47.1 Å². The molecule has 0 amide bonds. The second-order valence-corrected chi connectivity index (χ2v) is 5.19. The number of rotatable bonds is 5. The molecular weight excluding hydrogens is 307 g/mol. The van der Waals surface area contributed by atoms with Crippen LogP contribution in [0, 0.1) is 5.82 Å². The van der Waals surface area contributed by atoms with Crippen LogP contribution in [0.5, 0.6) is 0 Å². The van der Waals surface area contributed by atoms with Crippen molar-refractivity contribution in [3.8, 4) is 0 Å². The fraction of sp³-hybridized carbons (Fsp3) is 0.267. The third-order valence-electron chi connectivity index (χ3n) is 3.01. The molecule has 1 atom stereocenters. The lowest BCUT2D eigenvalue weighted by Crippen LogP contribution is -2.21. The number of hydrogen-bond donors (Lipinski definition) is 1. The lowest BCUT2D eigenvalue weighted by molar-refractivity contribution is 0.503. The highest BCUT2D eigenvalue weighted by Crippen LogP contribution is 2.19. The van der Waals surface area contributed by atoms with Crippen LogP contribution in [-0.2, 0) is 6.54 Å². The van der Waals surface area contributed by atoms with E-state index in [9.17, 15) is 4.39 Å². The van der Waals surface area contributed by atoms with Crippen molar-refractivity contribution in [3.63, 3.8) is 0 Å². The van der Waals surface area contributed by atoms with E-state index in [-0.39, 0.29) is 11.9 Å². The van der Waals surface area contributed by atoms with E-state index < -0.39 is 0 Å². The summed E-state index contributed by atoms with van der Waals surface area (Å²) in [5.41, 5.74) is 2.07. The summed E-state index contributed by atoms with van der Waals surface area (Å²) in [6.45, 7) is 2.84. The molecule has 2 rings (SSSR count). The van der Waals surface area contributed by atoms with E-state index in [2.05, 4.69) is 39.2 Å².